The number of methoxy groups -OCH3 is 2. The van der Waals surface area contributed by atoms with E-state index >= 15 is 0 Å². The van der Waals surface area contributed by atoms with Crippen molar-refractivity contribution in [3.05, 3.63) is 35.9 Å². The number of nitrogens with one attached hydrogen (secondary N) is 4. The number of nitrogens with zero attached hydrogens (tertiary/aromatic N) is 2. The van der Waals surface area contributed by atoms with Crippen molar-refractivity contribution in [3.63, 3.8) is 0 Å². The zero-order valence-corrected chi connectivity index (χ0v) is 38.6. The van der Waals surface area contributed by atoms with Crippen molar-refractivity contribution in [2.45, 2.75) is 148 Å². The Morgan fingerprint density at radius 3 is 2.05 bits per heavy atom. The summed E-state index contributed by atoms with van der Waals surface area (Å²) < 4.78 is 34.9. The molecule has 8 unspecified atom stereocenters. The molecule has 8 atom stereocenters. The monoisotopic (exact) mass is 853 g/mol. The van der Waals surface area contributed by atoms with Crippen LogP contribution < -0.4 is 20.7 Å². The fourth-order valence-electron chi connectivity index (χ4n) is 7.42. The van der Waals surface area contributed by atoms with E-state index in [0.29, 0.717) is 19.4 Å². The molecule has 5 amide bonds. The predicted molar refractivity (Wildman–Crippen MR) is 232 cm³/mol. The van der Waals surface area contributed by atoms with Crippen molar-refractivity contribution in [1.82, 2.24) is 30.5 Å². The van der Waals surface area contributed by atoms with Crippen LogP contribution in [-0.2, 0) is 49.9 Å². The third-order valence-electron chi connectivity index (χ3n) is 10.9. The van der Waals surface area contributed by atoms with Gasteiger partial charge in [0.2, 0.25) is 40.1 Å². The van der Waals surface area contributed by atoms with Crippen LogP contribution in [0.4, 0.5) is 0 Å². The molecular formula is C43H76N6O9S. The SMILES string of the molecule is CCC.CCC(C)C(C(CC(=O)N1CCCC1C(OC)C(C)C(=O)NC(C)Cc1ccccc1)OC)N(C)C(=O)CNC(=O)C(NC)C(C)C.O=CNS(=O)(=O)C1CC1. The predicted octanol–water partition coefficient (Wildman–Crippen LogP) is 3.66. The first-order valence-corrected chi connectivity index (χ1v) is 22.8. The highest BCUT2D eigenvalue weighted by molar-refractivity contribution is 7.90. The lowest BCUT2D eigenvalue weighted by Gasteiger charge is -2.39. The van der Waals surface area contributed by atoms with Gasteiger partial charge in [0, 0.05) is 33.9 Å². The highest BCUT2D eigenvalue weighted by Gasteiger charge is 2.42. The molecule has 338 valence electrons. The molecule has 0 aromatic heterocycles. The van der Waals surface area contributed by atoms with Gasteiger partial charge in [-0.1, -0.05) is 91.6 Å². The number of hydrogen-bond donors (Lipinski definition) is 4. The summed E-state index contributed by atoms with van der Waals surface area (Å²) in [6.07, 6.45) is 4.89. The topological polar surface area (TPSA) is 193 Å². The van der Waals surface area contributed by atoms with Gasteiger partial charge in [0.05, 0.1) is 54.5 Å². The molecule has 1 saturated heterocycles. The van der Waals surface area contributed by atoms with Crippen molar-refractivity contribution in [2.24, 2.45) is 17.8 Å². The van der Waals surface area contributed by atoms with Crippen molar-refractivity contribution >= 4 is 40.1 Å². The van der Waals surface area contributed by atoms with E-state index in [1.54, 1.807) is 37.9 Å². The average molecular weight is 853 g/mol. The summed E-state index contributed by atoms with van der Waals surface area (Å²) in [5.41, 5.74) is 1.15. The van der Waals surface area contributed by atoms with Gasteiger partial charge < -0.3 is 35.2 Å². The van der Waals surface area contributed by atoms with Gasteiger partial charge in [0.15, 0.2) is 0 Å². The second kappa shape index (κ2) is 27.3. The van der Waals surface area contributed by atoms with Crippen LogP contribution in [0.2, 0.25) is 0 Å². The normalized spacial score (nSPS) is 18.6. The van der Waals surface area contributed by atoms with E-state index in [2.05, 4.69) is 29.8 Å². The first kappa shape index (κ1) is 53.4. The largest absolute Gasteiger partial charge is 0.379 e. The van der Waals surface area contributed by atoms with Crippen LogP contribution in [0, 0.1) is 17.8 Å². The number of amides is 5. The molecule has 16 heteroatoms. The van der Waals surface area contributed by atoms with Crippen LogP contribution in [0.15, 0.2) is 30.3 Å². The molecule has 1 aromatic carbocycles. The summed E-state index contributed by atoms with van der Waals surface area (Å²) in [6, 6.07) is 8.93. The third kappa shape index (κ3) is 17.5. The summed E-state index contributed by atoms with van der Waals surface area (Å²) in [5.74, 6) is -1.06. The van der Waals surface area contributed by atoms with Gasteiger partial charge in [-0.3, -0.25) is 28.7 Å². The van der Waals surface area contributed by atoms with E-state index in [0.717, 1.165) is 31.2 Å². The highest BCUT2D eigenvalue weighted by atomic mass is 32.2. The molecule has 59 heavy (non-hydrogen) atoms. The number of rotatable bonds is 22. The van der Waals surface area contributed by atoms with E-state index in [1.807, 2.05) is 76.8 Å². The molecule has 2 fully saturated rings. The van der Waals surface area contributed by atoms with Gasteiger partial charge in [-0.25, -0.2) is 8.42 Å². The van der Waals surface area contributed by atoms with Crippen molar-refractivity contribution in [2.75, 3.05) is 41.4 Å². The highest BCUT2D eigenvalue weighted by Crippen LogP contribution is 2.29. The smallest absolute Gasteiger partial charge is 0.242 e. The Hall–Kier alpha value is -3.60. The number of benzene rings is 1. The minimum Gasteiger partial charge on any atom is -0.379 e. The zero-order valence-electron chi connectivity index (χ0n) is 37.8. The summed E-state index contributed by atoms with van der Waals surface area (Å²) in [6.45, 7) is 16.5. The zero-order chi connectivity index (χ0) is 44.9. The molecule has 0 radical (unpaired) electrons. The Kier molecular flexibility index (Phi) is 24.7. The standard InChI is InChI=1S/C36H61N5O6.C4H7NO3S.C3H8/c1-11-24(4)33(40(8)31(43)22-38-36(45)32(37-7)23(2)3)29(46-9)21-30(42)41-19-15-18-28(41)34(47-10)26(6)35(44)39-25(5)20-27-16-13-12-14-17-27;6-3-5-9(7,8)4-1-2-4;1-3-2/h12-14,16-17,23-26,28-29,32-34,37H,11,15,18-22H2,1-10H3,(H,38,45)(H,39,44);3-4H,1-2H2,(H,5,6);3H2,1-2H3. The summed E-state index contributed by atoms with van der Waals surface area (Å²) in [7, 11) is 3.34. The first-order valence-electron chi connectivity index (χ1n) is 21.2. The van der Waals surface area contributed by atoms with E-state index in [4.69, 9.17) is 9.47 Å². The molecule has 1 heterocycles. The Morgan fingerprint density at radius 2 is 1.56 bits per heavy atom. The fraction of sp³-hybridized carbons (Fsp3) is 0.744. The number of likely N-dealkylation sites (N-methyl/N-ethyl adjacent to an activating group) is 2. The van der Waals surface area contributed by atoms with E-state index in [-0.39, 0.29) is 72.2 Å². The number of carbonyl (C=O) groups is 5. The number of hydrogen-bond acceptors (Lipinski definition) is 10. The second-order valence-electron chi connectivity index (χ2n) is 16.2. The van der Waals surface area contributed by atoms with E-state index in [9.17, 15) is 32.4 Å². The fourth-order valence-corrected chi connectivity index (χ4v) is 8.51. The van der Waals surface area contributed by atoms with Crippen molar-refractivity contribution < 1.29 is 41.9 Å². The molecule has 1 saturated carbocycles. The first-order chi connectivity index (χ1) is 27.9. The number of ether oxygens (including phenoxy) is 2. The maximum absolute atomic E-state index is 13.9. The molecule has 3 rings (SSSR count). The van der Waals surface area contributed by atoms with Crippen LogP contribution in [-0.4, -0.2) is 131 Å². The molecule has 15 nitrogen and oxygen atoms in total. The van der Waals surface area contributed by atoms with Gasteiger partial charge in [-0.05, 0) is 63.5 Å². The quantitative estimate of drug-likeness (QED) is 0.125. The number of likely N-dealkylation sites (tertiary alicyclic amines) is 1. The number of sulfonamides is 1. The average Bonchev–Trinajstić information content (AvgIpc) is 3.96. The molecule has 0 spiro atoms. The lowest BCUT2D eigenvalue weighted by molar-refractivity contribution is -0.145. The van der Waals surface area contributed by atoms with Crippen LogP contribution in [0.25, 0.3) is 0 Å². The minimum absolute atomic E-state index is 0.0285. The Bertz CT molecular complexity index is 1530. The van der Waals surface area contributed by atoms with Crippen molar-refractivity contribution in [3.8, 4) is 0 Å². The lowest BCUT2D eigenvalue weighted by Crippen LogP contribution is -2.55. The molecule has 4 N–H and O–H groups in total. The molecule has 1 aliphatic heterocycles. The molecule has 1 aliphatic carbocycles. The molecule has 2 aliphatic rings. The van der Waals surface area contributed by atoms with E-state index in [1.165, 1.54) is 6.42 Å². The van der Waals surface area contributed by atoms with Gasteiger partial charge >= 0.3 is 0 Å². The molecular weight excluding hydrogens is 777 g/mol. The summed E-state index contributed by atoms with van der Waals surface area (Å²) in [5, 5.41) is 8.59. The second-order valence-corrected chi connectivity index (χ2v) is 18.2. The minimum atomic E-state index is -3.26. The third-order valence-corrected chi connectivity index (χ3v) is 12.7. The lowest BCUT2D eigenvalue weighted by atomic mass is 9.90. The van der Waals surface area contributed by atoms with Crippen LogP contribution in [0.5, 0.6) is 0 Å². The Morgan fingerprint density at radius 1 is 0.949 bits per heavy atom. The van der Waals surface area contributed by atoms with Crippen LogP contribution in [0.3, 0.4) is 0 Å². The van der Waals surface area contributed by atoms with Crippen LogP contribution >= 0.6 is 0 Å². The van der Waals surface area contributed by atoms with Gasteiger partial charge in [-0.15, -0.1) is 0 Å². The van der Waals surface area contributed by atoms with E-state index < -0.39 is 40.2 Å². The number of carbonyl (C=O) groups excluding carboxylic acids is 5. The summed E-state index contributed by atoms with van der Waals surface area (Å²) in [4.78, 5) is 66.4. The maximum atomic E-state index is 13.9. The molecule has 1 aromatic rings. The van der Waals surface area contributed by atoms with Crippen molar-refractivity contribution in [1.29, 1.82) is 0 Å². The molecule has 0 bridgehead atoms. The Balaban J connectivity index is 0.00000124. The summed E-state index contributed by atoms with van der Waals surface area (Å²) >= 11 is 0. The van der Waals surface area contributed by atoms with Gasteiger partial charge in [0.1, 0.15) is 0 Å². The maximum Gasteiger partial charge on any atom is 0.242 e. The van der Waals surface area contributed by atoms with Gasteiger partial charge in [-0.2, -0.15) is 0 Å². The Labute approximate surface area is 354 Å². The van der Waals surface area contributed by atoms with Crippen LogP contribution in [0.1, 0.15) is 106 Å². The van der Waals surface area contributed by atoms with Gasteiger partial charge in [0.25, 0.3) is 0 Å².